The molecule has 0 aliphatic rings. The number of nitrogens with two attached hydrogens (primary N) is 1. The average molecular weight is 271 g/mol. The summed E-state index contributed by atoms with van der Waals surface area (Å²) in [5, 5.41) is 2.96. The summed E-state index contributed by atoms with van der Waals surface area (Å²) in [5.74, 6) is -0.289. The molecule has 100 valence electrons. The van der Waals surface area contributed by atoms with Crippen LogP contribution < -0.4 is 11.1 Å². The maximum atomic E-state index is 11.5. The van der Waals surface area contributed by atoms with Crippen LogP contribution in [0.3, 0.4) is 0 Å². The van der Waals surface area contributed by atoms with E-state index in [1.807, 2.05) is 13.8 Å². The van der Waals surface area contributed by atoms with Crippen molar-refractivity contribution >= 4 is 28.3 Å². The third-order valence-electron chi connectivity index (χ3n) is 1.92. The number of carbonyl (C=O) groups excluding carboxylic acids is 2. The molecule has 3 N–H and O–H groups in total. The normalized spacial score (nSPS) is 10.6. The summed E-state index contributed by atoms with van der Waals surface area (Å²) in [6.45, 7) is 5.09. The first-order valence-electron chi connectivity index (χ1n) is 5.62. The highest BCUT2D eigenvalue weighted by molar-refractivity contribution is 7.17. The molecule has 6 nitrogen and oxygen atoms in total. The van der Waals surface area contributed by atoms with Crippen molar-refractivity contribution in [1.29, 1.82) is 0 Å². The molecule has 0 unspecified atom stereocenters. The number of aromatic nitrogens is 1. The number of thiazole rings is 1. The summed E-state index contributed by atoms with van der Waals surface area (Å²) in [5.41, 5.74) is 5.08. The van der Waals surface area contributed by atoms with Crippen LogP contribution in [0.5, 0.6) is 0 Å². The van der Waals surface area contributed by atoms with E-state index in [0.717, 1.165) is 11.3 Å². The summed E-state index contributed by atoms with van der Waals surface area (Å²) in [6.07, 6.45) is 1.61. The van der Waals surface area contributed by atoms with E-state index in [1.54, 1.807) is 0 Å². The smallest absolute Gasteiger partial charge is 0.260 e. The molecule has 0 bridgehead atoms. The van der Waals surface area contributed by atoms with E-state index in [0.29, 0.717) is 29.1 Å². The zero-order valence-electron chi connectivity index (χ0n) is 10.4. The maximum absolute atomic E-state index is 11.5. The second kappa shape index (κ2) is 7.07. The molecule has 1 heterocycles. The quantitative estimate of drug-likeness (QED) is 0.729. The molecule has 0 atom stereocenters. The minimum Gasteiger partial charge on any atom is -0.381 e. The minimum absolute atomic E-state index is 0.191. The van der Waals surface area contributed by atoms with Crippen molar-refractivity contribution in [2.75, 3.05) is 18.5 Å². The molecule has 1 aromatic rings. The van der Waals surface area contributed by atoms with E-state index in [2.05, 4.69) is 10.3 Å². The molecule has 0 aromatic carbocycles. The van der Waals surface area contributed by atoms with Crippen LogP contribution in [0.1, 0.15) is 29.9 Å². The number of hydrogen-bond acceptors (Lipinski definition) is 5. The number of carbonyl (C=O) groups is 2. The van der Waals surface area contributed by atoms with Crippen molar-refractivity contribution < 1.29 is 14.3 Å². The lowest BCUT2D eigenvalue weighted by molar-refractivity contribution is -0.117. The number of anilines is 1. The predicted octanol–water partition coefficient (Wildman–Crippen LogP) is 1.24. The molecule has 2 amide bonds. The van der Waals surface area contributed by atoms with Gasteiger partial charge in [0.1, 0.15) is 4.88 Å². The van der Waals surface area contributed by atoms with Crippen molar-refractivity contribution in [2.24, 2.45) is 11.7 Å². The largest absolute Gasteiger partial charge is 0.381 e. The van der Waals surface area contributed by atoms with Gasteiger partial charge in [0.2, 0.25) is 5.91 Å². The summed E-state index contributed by atoms with van der Waals surface area (Å²) in [4.78, 5) is 26.5. The SMILES string of the molecule is CC(C)COCCC(=O)Nc1ncc(C(N)=O)s1. The molecule has 0 radical (unpaired) electrons. The standard InChI is InChI=1S/C11H17N3O3S/c1-7(2)6-17-4-3-9(15)14-11-13-5-8(18-11)10(12)16/h5,7H,3-4,6H2,1-2H3,(H2,12,16)(H,13,14,15). The second-order valence-electron chi connectivity index (χ2n) is 4.16. The van der Waals surface area contributed by atoms with Gasteiger partial charge < -0.3 is 15.8 Å². The third-order valence-corrected chi connectivity index (χ3v) is 2.85. The molecule has 0 spiro atoms. The Balaban J connectivity index is 2.29. The highest BCUT2D eigenvalue weighted by Gasteiger charge is 2.09. The Hall–Kier alpha value is -1.47. The zero-order valence-corrected chi connectivity index (χ0v) is 11.3. The van der Waals surface area contributed by atoms with Gasteiger partial charge in [-0.15, -0.1) is 0 Å². The highest BCUT2D eigenvalue weighted by Crippen LogP contribution is 2.17. The Morgan fingerprint density at radius 2 is 2.28 bits per heavy atom. The lowest BCUT2D eigenvalue weighted by atomic mass is 10.2. The molecule has 1 aromatic heterocycles. The van der Waals surface area contributed by atoms with Crippen LogP contribution in [0, 0.1) is 5.92 Å². The topological polar surface area (TPSA) is 94.3 Å². The average Bonchev–Trinajstić information content (AvgIpc) is 2.72. The van der Waals surface area contributed by atoms with Crippen molar-refractivity contribution in [2.45, 2.75) is 20.3 Å². The van der Waals surface area contributed by atoms with Crippen LogP contribution in [-0.2, 0) is 9.53 Å². The van der Waals surface area contributed by atoms with Crippen LogP contribution >= 0.6 is 11.3 Å². The molecule has 1 rings (SSSR count). The van der Waals surface area contributed by atoms with Gasteiger partial charge in [-0.2, -0.15) is 0 Å². The van der Waals surface area contributed by atoms with E-state index in [4.69, 9.17) is 10.5 Å². The molecule has 0 saturated carbocycles. The van der Waals surface area contributed by atoms with Crippen LogP contribution in [0.4, 0.5) is 5.13 Å². The van der Waals surface area contributed by atoms with Gasteiger partial charge >= 0.3 is 0 Å². The fourth-order valence-corrected chi connectivity index (χ4v) is 1.80. The molecule has 0 aliphatic heterocycles. The minimum atomic E-state index is -0.548. The number of primary amides is 1. The summed E-state index contributed by atoms with van der Waals surface area (Å²) in [7, 11) is 0. The van der Waals surface area contributed by atoms with E-state index in [1.165, 1.54) is 6.20 Å². The predicted molar refractivity (Wildman–Crippen MR) is 69.5 cm³/mol. The maximum Gasteiger partial charge on any atom is 0.260 e. The van der Waals surface area contributed by atoms with Gasteiger partial charge in [0.15, 0.2) is 5.13 Å². The Bertz CT molecular complexity index is 417. The molecule has 0 fully saturated rings. The molecule has 18 heavy (non-hydrogen) atoms. The summed E-state index contributed by atoms with van der Waals surface area (Å²) >= 11 is 1.06. The Morgan fingerprint density at radius 3 is 2.83 bits per heavy atom. The first-order valence-corrected chi connectivity index (χ1v) is 6.44. The molecular weight excluding hydrogens is 254 g/mol. The van der Waals surface area contributed by atoms with E-state index in [9.17, 15) is 9.59 Å². The lowest BCUT2D eigenvalue weighted by Gasteiger charge is -2.06. The number of amides is 2. The van der Waals surface area contributed by atoms with Gasteiger partial charge in [0.25, 0.3) is 5.91 Å². The summed E-state index contributed by atoms with van der Waals surface area (Å²) < 4.78 is 5.29. The monoisotopic (exact) mass is 271 g/mol. The fourth-order valence-electron chi connectivity index (χ4n) is 1.11. The van der Waals surface area contributed by atoms with Crippen LogP contribution in [0.15, 0.2) is 6.20 Å². The summed E-state index contributed by atoms with van der Waals surface area (Å²) in [6, 6.07) is 0. The van der Waals surface area contributed by atoms with Gasteiger partial charge in [0.05, 0.1) is 19.2 Å². The molecule has 0 saturated heterocycles. The molecule has 7 heteroatoms. The van der Waals surface area contributed by atoms with Gasteiger partial charge in [0, 0.05) is 6.61 Å². The lowest BCUT2D eigenvalue weighted by Crippen LogP contribution is -2.15. The Morgan fingerprint density at radius 1 is 1.56 bits per heavy atom. The first kappa shape index (κ1) is 14.6. The van der Waals surface area contributed by atoms with E-state index >= 15 is 0 Å². The van der Waals surface area contributed by atoms with Crippen molar-refractivity contribution in [1.82, 2.24) is 4.98 Å². The first-order chi connectivity index (χ1) is 8.49. The zero-order chi connectivity index (χ0) is 13.5. The number of hydrogen-bond donors (Lipinski definition) is 2. The van der Waals surface area contributed by atoms with Gasteiger partial charge in [-0.05, 0) is 5.92 Å². The Labute approximate surface area is 110 Å². The van der Waals surface area contributed by atoms with Crippen molar-refractivity contribution in [3.63, 3.8) is 0 Å². The van der Waals surface area contributed by atoms with Crippen LogP contribution in [0.25, 0.3) is 0 Å². The highest BCUT2D eigenvalue weighted by atomic mass is 32.1. The van der Waals surface area contributed by atoms with Crippen LogP contribution in [-0.4, -0.2) is 30.0 Å². The number of ether oxygens (including phenoxy) is 1. The van der Waals surface area contributed by atoms with Crippen LogP contribution in [0.2, 0.25) is 0 Å². The fraction of sp³-hybridized carbons (Fsp3) is 0.545. The Kier molecular flexibility index (Phi) is 5.73. The van der Waals surface area contributed by atoms with E-state index in [-0.39, 0.29) is 12.3 Å². The number of rotatable bonds is 7. The number of nitrogens with one attached hydrogen (secondary N) is 1. The second-order valence-corrected chi connectivity index (χ2v) is 5.19. The third kappa shape index (κ3) is 5.24. The molecule has 0 aliphatic carbocycles. The van der Waals surface area contributed by atoms with Gasteiger partial charge in [-0.25, -0.2) is 4.98 Å². The van der Waals surface area contributed by atoms with Gasteiger partial charge in [-0.1, -0.05) is 25.2 Å². The van der Waals surface area contributed by atoms with Crippen molar-refractivity contribution in [3.8, 4) is 0 Å². The van der Waals surface area contributed by atoms with E-state index < -0.39 is 5.91 Å². The van der Waals surface area contributed by atoms with Gasteiger partial charge in [-0.3, -0.25) is 9.59 Å². The number of nitrogens with zero attached hydrogens (tertiary/aromatic N) is 1. The molecular formula is C11H17N3O3S. The van der Waals surface area contributed by atoms with Crippen molar-refractivity contribution in [3.05, 3.63) is 11.1 Å².